The van der Waals surface area contributed by atoms with E-state index in [1.54, 1.807) is 0 Å². The van der Waals surface area contributed by atoms with Gasteiger partial charge in [0.1, 0.15) is 0 Å². The Kier molecular flexibility index (Phi) is 11.2. The van der Waals surface area contributed by atoms with Gasteiger partial charge in [0.25, 0.3) is 0 Å². The van der Waals surface area contributed by atoms with Gasteiger partial charge in [0.2, 0.25) is 0 Å². The van der Waals surface area contributed by atoms with Crippen molar-refractivity contribution in [1.29, 1.82) is 0 Å². The lowest BCUT2D eigenvalue weighted by Crippen LogP contribution is -1.83. The molecule has 0 aliphatic carbocycles. The van der Waals surface area contributed by atoms with Crippen LogP contribution in [-0.4, -0.2) is 22.2 Å². The van der Waals surface area contributed by atoms with Crippen LogP contribution in [0.5, 0.6) is 0 Å². The number of rotatable bonds is 4. The highest BCUT2D eigenvalue weighted by atomic mass is 16.4. The number of allylic oxidation sites excluding steroid dienone is 4. The number of carboxylic acids is 2. The maximum absolute atomic E-state index is 9.62. The fraction of sp³-hybridized carbons (Fsp3) is 0. The minimum atomic E-state index is -0.945. The molecule has 0 bridgehead atoms. The molecule has 14 heavy (non-hydrogen) atoms. The smallest absolute Gasteiger partial charge is 0.328 e. The average molecular weight is 196 g/mol. The molecule has 4 nitrogen and oxygen atoms in total. The zero-order valence-corrected chi connectivity index (χ0v) is 7.59. The number of carboxylic acid groups (broad SMARTS) is 2. The van der Waals surface area contributed by atoms with Crippen molar-refractivity contribution in [3.63, 3.8) is 0 Å². The van der Waals surface area contributed by atoms with Crippen molar-refractivity contribution in [2.45, 2.75) is 0 Å². The largest absolute Gasteiger partial charge is 0.478 e. The second kappa shape index (κ2) is 10.9. The van der Waals surface area contributed by atoms with Gasteiger partial charge in [-0.1, -0.05) is 37.5 Å². The van der Waals surface area contributed by atoms with Crippen LogP contribution in [0.15, 0.2) is 49.6 Å². The van der Waals surface area contributed by atoms with Crippen LogP contribution in [0.25, 0.3) is 0 Å². The predicted octanol–water partition coefficient (Wildman–Crippen LogP) is 1.63. The van der Waals surface area contributed by atoms with E-state index in [1.807, 2.05) is 0 Å². The molecule has 0 aromatic rings. The Morgan fingerprint density at radius 2 is 1.14 bits per heavy atom. The summed E-state index contributed by atoms with van der Waals surface area (Å²) in [5, 5.41) is 15.8. The van der Waals surface area contributed by atoms with Gasteiger partial charge < -0.3 is 10.2 Å². The Labute approximate surface area is 82.2 Å². The van der Waals surface area contributed by atoms with Crippen molar-refractivity contribution in [3.05, 3.63) is 49.6 Å². The normalized spacial score (nSPS) is 9.14. The average Bonchev–Trinajstić information content (AvgIpc) is 2.12. The Morgan fingerprint density at radius 1 is 0.857 bits per heavy atom. The Hall–Kier alpha value is -2.10. The van der Waals surface area contributed by atoms with Crippen molar-refractivity contribution in [2.75, 3.05) is 0 Å². The van der Waals surface area contributed by atoms with Crippen LogP contribution in [0.4, 0.5) is 0 Å². The first kappa shape index (κ1) is 14.4. The zero-order chi connectivity index (χ0) is 11.4. The quantitative estimate of drug-likeness (QED) is 0.529. The van der Waals surface area contributed by atoms with Crippen molar-refractivity contribution in [3.8, 4) is 0 Å². The summed E-state index contributed by atoms with van der Waals surface area (Å²) in [4.78, 5) is 19.2. The fourth-order valence-electron chi connectivity index (χ4n) is 0.301. The third-order valence-electron chi connectivity index (χ3n) is 0.750. The van der Waals surface area contributed by atoms with Crippen LogP contribution in [0.3, 0.4) is 0 Å². The van der Waals surface area contributed by atoms with Gasteiger partial charge in [-0.3, -0.25) is 0 Å². The Morgan fingerprint density at radius 3 is 1.21 bits per heavy atom. The molecular weight excluding hydrogens is 184 g/mol. The molecule has 0 unspecified atom stereocenters. The van der Waals surface area contributed by atoms with Crippen LogP contribution in [-0.2, 0) is 9.59 Å². The first-order valence-electron chi connectivity index (χ1n) is 3.58. The molecule has 0 saturated carbocycles. The lowest BCUT2D eigenvalue weighted by molar-refractivity contribution is -0.132. The molecule has 0 radical (unpaired) electrons. The second-order valence-electron chi connectivity index (χ2n) is 1.87. The molecule has 0 aromatic heterocycles. The molecule has 0 saturated heterocycles. The molecule has 0 heterocycles. The van der Waals surface area contributed by atoms with Gasteiger partial charge >= 0.3 is 11.9 Å². The van der Waals surface area contributed by atoms with Crippen molar-refractivity contribution < 1.29 is 19.8 Å². The van der Waals surface area contributed by atoms with Gasteiger partial charge in [0.05, 0.1) is 0 Å². The monoisotopic (exact) mass is 196 g/mol. The second-order valence-corrected chi connectivity index (χ2v) is 1.87. The van der Waals surface area contributed by atoms with Gasteiger partial charge in [-0.15, -0.1) is 0 Å². The molecular formula is C10H12O4. The third-order valence-corrected chi connectivity index (χ3v) is 0.750. The minimum Gasteiger partial charge on any atom is -0.478 e. The molecule has 0 fully saturated rings. The summed E-state index contributed by atoms with van der Waals surface area (Å²) in [5.41, 5.74) is 0. The standard InChI is InChI=1S/2C5H6O2/c2*1-2-3-4-5(6)7/h2*2-4H,1H2,(H,6,7)/b2*4-3+. The van der Waals surface area contributed by atoms with E-state index in [-0.39, 0.29) is 0 Å². The van der Waals surface area contributed by atoms with Crippen LogP contribution >= 0.6 is 0 Å². The minimum absolute atomic E-state index is 0.945. The van der Waals surface area contributed by atoms with Gasteiger partial charge in [0, 0.05) is 12.2 Å². The topological polar surface area (TPSA) is 74.6 Å². The van der Waals surface area contributed by atoms with E-state index in [0.29, 0.717) is 0 Å². The summed E-state index contributed by atoms with van der Waals surface area (Å²) in [6.07, 6.45) is 7.59. The van der Waals surface area contributed by atoms with Gasteiger partial charge in [0.15, 0.2) is 0 Å². The van der Waals surface area contributed by atoms with Crippen molar-refractivity contribution >= 4 is 11.9 Å². The summed E-state index contributed by atoms with van der Waals surface area (Å²) in [7, 11) is 0. The van der Waals surface area contributed by atoms with Crippen molar-refractivity contribution in [1.82, 2.24) is 0 Å². The van der Waals surface area contributed by atoms with E-state index in [1.165, 1.54) is 24.3 Å². The fourth-order valence-corrected chi connectivity index (χ4v) is 0.301. The summed E-state index contributed by atoms with van der Waals surface area (Å²) in [5.74, 6) is -1.89. The van der Waals surface area contributed by atoms with E-state index in [4.69, 9.17) is 10.2 Å². The highest BCUT2D eigenvalue weighted by Gasteiger charge is 1.78. The molecule has 4 heteroatoms. The van der Waals surface area contributed by atoms with E-state index >= 15 is 0 Å². The van der Waals surface area contributed by atoms with Crippen LogP contribution in [0, 0.1) is 0 Å². The van der Waals surface area contributed by atoms with Gasteiger partial charge in [-0.05, 0) is 0 Å². The van der Waals surface area contributed by atoms with Crippen molar-refractivity contribution in [2.24, 2.45) is 0 Å². The van der Waals surface area contributed by atoms with E-state index in [2.05, 4.69) is 13.2 Å². The number of hydrogen-bond acceptors (Lipinski definition) is 2. The molecule has 2 N–H and O–H groups in total. The van der Waals surface area contributed by atoms with Crippen LogP contribution in [0.2, 0.25) is 0 Å². The highest BCUT2D eigenvalue weighted by Crippen LogP contribution is 1.70. The highest BCUT2D eigenvalue weighted by molar-refractivity contribution is 5.80. The number of aliphatic carboxylic acids is 2. The molecule has 76 valence electrons. The van der Waals surface area contributed by atoms with E-state index < -0.39 is 11.9 Å². The Bertz CT molecular complexity index is 233. The molecule has 0 amide bonds. The molecule has 0 aliphatic rings. The number of carbonyl (C=O) groups is 2. The summed E-state index contributed by atoms with van der Waals surface area (Å²) >= 11 is 0. The first-order chi connectivity index (χ1) is 6.54. The van der Waals surface area contributed by atoms with E-state index in [0.717, 1.165) is 12.2 Å². The molecule has 0 rings (SSSR count). The zero-order valence-electron chi connectivity index (χ0n) is 7.59. The summed E-state index contributed by atoms with van der Waals surface area (Å²) in [6.45, 7) is 6.56. The van der Waals surface area contributed by atoms with Crippen LogP contribution < -0.4 is 0 Å². The number of hydrogen-bond donors (Lipinski definition) is 2. The first-order valence-corrected chi connectivity index (χ1v) is 3.58. The summed E-state index contributed by atoms with van der Waals surface area (Å²) < 4.78 is 0. The molecule has 0 aromatic carbocycles. The van der Waals surface area contributed by atoms with Gasteiger partial charge in [-0.25, -0.2) is 9.59 Å². The lowest BCUT2D eigenvalue weighted by atomic mass is 10.5. The Balaban J connectivity index is 0. The molecule has 0 spiro atoms. The predicted molar refractivity (Wildman–Crippen MR) is 53.9 cm³/mol. The maximum Gasteiger partial charge on any atom is 0.328 e. The lowest BCUT2D eigenvalue weighted by Gasteiger charge is -1.70. The molecule has 0 atom stereocenters. The van der Waals surface area contributed by atoms with Gasteiger partial charge in [-0.2, -0.15) is 0 Å². The summed E-state index contributed by atoms with van der Waals surface area (Å²) in [6, 6.07) is 0. The third kappa shape index (κ3) is 22.5. The van der Waals surface area contributed by atoms with Crippen LogP contribution in [0.1, 0.15) is 0 Å². The maximum atomic E-state index is 9.62. The SMILES string of the molecule is C=C/C=C/C(=O)O.C=C/C=C/C(=O)O. The van der Waals surface area contributed by atoms with E-state index in [9.17, 15) is 9.59 Å². The molecule has 0 aliphatic heterocycles.